The highest BCUT2D eigenvalue weighted by molar-refractivity contribution is 7.89. The summed E-state index contributed by atoms with van der Waals surface area (Å²) < 4.78 is 49.1. The smallest absolute Gasteiger partial charge is 0.240 e. The van der Waals surface area contributed by atoms with Gasteiger partial charge in [-0.3, -0.25) is 0 Å². The number of piperidine rings is 1. The number of hydrogen-bond donors (Lipinski definition) is 2. The molecule has 0 spiro atoms. The molecule has 0 aliphatic carbocycles. The number of nitrogens with two attached hydrogens (primary N) is 1. The Balaban J connectivity index is 1.95. The van der Waals surface area contributed by atoms with E-state index >= 15 is 0 Å². The molecule has 124 valence electrons. The van der Waals surface area contributed by atoms with E-state index in [-0.39, 0.29) is 9.79 Å². The SMILES string of the molecule is NS(=O)(=O)c1ccc(S(=O)(=O)NCCN2CCCCC2)cc1. The van der Waals surface area contributed by atoms with Gasteiger partial charge in [0, 0.05) is 13.1 Å². The Morgan fingerprint density at radius 3 is 2.05 bits per heavy atom. The maximum Gasteiger partial charge on any atom is 0.240 e. The van der Waals surface area contributed by atoms with Crippen LogP contribution in [-0.2, 0) is 20.0 Å². The molecule has 0 unspecified atom stereocenters. The number of sulfonamides is 2. The zero-order valence-electron chi connectivity index (χ0n) is 12.2. The van der Waals surface area contributed by atoms with Crippen LogP contribution in [0.4, 0.5) is 0 Å². The lowest BCUT2D eigenvalue weighted by Crippen LogP contribution is -2.37. The zero-order chi connectivity index (χ0) is 16.2. The Bertz CT molecular complexity index is 693. The van der Waals surface area contributed by atoms with Crippen molar-refractivity contribution in [2.75, 3.05) is 26.2 Å². The minimum absolute atomic E-state index is 0.0264. The van der Waals surface area contributed by atoms with Crippen molar-refractivity contribution in [2.24, 2.45) is 5.14 Å². The first kappa shape index (κ1) is 17.4. The molecule has 2 rings (SSSR count). The molecule has 22 heavy (non-hydrogen) atoms. The van der Waals surface area contributed by atoms with E-state index < -0.39 is 20.0 Å². The number of hydrogen-bond acceptors (Lipinski definition) is 5. The summed E-state index contributed by atoms with van der Waals surface area (Å²) in [5.41, 5.74) is 0. The van der Waals surface area contributed by atoms with Crippen molar-refractivity contribution >= 4 is 20.0 Å². The first-order valence-corrected chi connectivity index (χ1v) is 10.2. The maximum absolute atomic E-state index is 12.1. The van der Waals surface area contributed by atoms with Crippen LogP contribution in [0.1, 0.15) is 19.3 Å². The van der Waals surface area contributed by atoms with E-state index in [1.807, 2.05) is 0 Å². The van der Waals surface area contributed by atoms with Crippen LogP contribution in [0.5, 0.6) is 0 Å². The predicted octanol–water partition coefficient (Wildman–Crippen LogP) is 0.0982. The van der Waals surface area contributed by atoms with Crippen LogP contribution in [0, 0.1) is 0 Å². The third-order valence-electron chi connectivity index (χ3n) is 3.63. The molecular weight excluding hydrogens is 326 g/mol. The number of rotatable bonds is 6. The Morgan fingerprint density at radius 1 is 0.955 bits per heavy atom. The van der Waals surface area contributed by atoms with Gasteiger partial charge in [0.05, 0.1) is 9.79 Å². The fourth-order valence-corrected chi connectivity index (χ4v) is 3.95. The van der Waals surface area contributed by atoms with Crippen molar-refractivity contribution in [3.8, 4) is 0 Å². The summed E-state index contributed by atoms with van der Waals surface area (Å²) in [6.45, 7) is 3.02. The first-order chi connectivity index (χ1) is 10.3. The standard InChI is InChI=1S/C13H21N3O4S2/c14-21(17,18)12-4-6-13(7-5-12)22(19,20)15-8-11-16-9-2-1-3-10-16/h4-7,15H,1-3,8-11H2,(H2,14,17,18). The Hall–Kier alpha value is -1.00. The van der Waals surface area contributed by atoms with Crippen LogP contribution in [0.2, 0.25) is 0 Å². The van der Waals surface area contributed by atoms with Crippen molar-refractivity contribution < 1.29 is 16.8 Å². The van der Waals surface area contributed by atoms with Crippen LogP contribution in [0.25, 0.3) is 0 Å². The molecule has 1 aliphatic rings. The van der Waals surface area contributed by atoms with E-state index in [2.05, 4.69) is 9.62 Å². The number of benzene rings is 1. The Labute approximate surface area is 131 Å². The van der Waals surface area contributed by atoms with Gasteiger partial charge >= 0.3 is 0 Å². The third-order valence-corrected chi connectivity index (χ3v) is 6.04. The molecule has 0 saturated carbocycles. The summed E-state index contributed by atoms with van der Waals surface area (Å²) in [6.07, 6.45) is 3.54. The average Bonchev–Trinajstić information content (AvgIpc) is 2.47. The fraction of sp³-hybridized carbons (Fsp3) is 0.538. The molecule has 1 aromatic rings. The second-order valence-electron chi connectivity index (χ2n) is 5.32. The van der Waals surface area contributed by atoms with E-state index in [0.29, 0.717) is 13.1 Å². The van der Waals surface area contributed by atoms with E-state index in [0.717, 1.165) is 25.9 Å². The molecule has 1 aromatic carbocycles. The van der Waals surface area contributed by atoms with Gasteiger partial charge in [-0.2, -0.15) is 0 Å². The molecule has 1 aliphatic heterocycles. The molecule has 0 aromatic heterocycles. The van der Waals surface area contributed by atoms with Gasteiger partial charge < -0.3 is 4.90 Å². The molecule has 1 heterocycles. The molecule has 7 nitrogen and oxygen atoms in total. The van der Waals surface area contributed by atoms with E-state index in [1.165, 1.54) is 30.7 Å². The summed E-state index contributed by atoms with van der Waals surface area (Å²) in [7, 11) is -7.45. The van der Waals surface area contributed by atoms with Gasteiger partial charge in [-0.15, -0.1) is 0 Å². The highest BCUT2D eigenvalue weighted by Crippen LogP contribution is 2.13. The van der Waals surface area contributed by atoms with Gasteiger partial charge in [-0.1, -0.05) is 6.42 Å². The van der Waals surface area contributed by atoms with Crippen LogP contribution < -0.4 is 9.86 Å². The van der Waals surface area contributed by atoms with Crippen molar-refractivity contribution in [2.45, 2.75) is 29.1 Å². The number of primary sulfonamides is 1. The van der Waals surface area contributed by atoms with Gasteiger partial charge in [0.1, 0.15) is 0 Å². The second-order valence-corrected chi connectivity index (χ2v) is 8.64. The molecule has 0 atom stereocenters. The molecule has 9 heteroatoms. The third kappa shape index (κ3) is 4.75. The first-order valence-electron chi connectivity index (χ1n) is 7.14. The van der Waals surface area contributed by atoms with Crippen molar-refractivity contribution in [1.29, 1.82) is 0 Å². The highest BCUT2D eigenvalue weighted by atomic mass is 32.2. The lowest BCUT2D eigenvalue weighted by Gasteiger charge is -2.26. The fourth-order valence-electron chi connectivity index (χ4n) is 2.41. The summed E-state index contributed by atoms with van der Waals surface area (Å²) >= 11 is 0. The Morgan fingerprint density at radius 2 is 1.50 bits per heavy atom. The van der Waals surface area contributed by atoms with Gasteiger partial charge in [-0.05, 0) is 50.2 Å². The van der Waals surface area contributed by atoms with Gasteiger partial charge in [-0.25, -0.2) is 26.7 Å². The maximum atomic E-state index is 12.1. The molecule has 1 fully saturated rings. The van der Waals surface area contributed by atoms with Crippen molar-refractivity contribution in [1.82, 2.24) is 9.62 Å². The van der Waals surface area contributed by atoms with Gasteiger partial charge in [0.15, 0.2) is 0 Å². The monoisotopic (exact) mass is 347 g/mol. The van der Waals surface area contributed by atoms with Gasteiger partial charge in [0.25, 0.3) is 0 Å². The topological polar surface area (TPSA) is 110 Å². The average molecular weight is 347 g/mol. The van der Waals surface area contributed by atoms with E-state index in [4.69, 9.17) is 5.14 Å². The minimum atomic E-state index is -3.82. The van der Waals surface area contributed by atoms with Gasteiger partial charge in [0.2, 0.25) is 20.0 Å². The Kier molecular flexibility index (Phi) is 5.56. The lowest BCUT2D eigenvalue weighted by atomic mass is 10.1. The number of nitrogens with one attached hydrogen (secondary N) is 1. The van der Waals surface area contributed by atoms with Crippen molar-refractivity contribution in [3.63, 3.8) is 0 Å². The van der Waals surface area contributed by atoms with Crippen LogP contribution in [0.3, 0.4) is 0 Å². The lowest BCUT2D eigenvalue weighted by molar-refractivity contribution is 0.233. The summed E-state index contributed by atoms with van der Waals surface area (Å²) in [4.78, 5) is 2.15. The van der Waals surface area contributed by atoms with Crippen LogP contribution in [0.15, 0.2) is 34.1 Å². The normalized spacial score (nSPS) is 17.5. The second kappa shape index (κ2) is 7.05. The largest absolute Gasteiger partial charge is 0.302 e. The molecular formula is C13H21N3O4S2. The van der Waals surface area contributed by atoms with Crippen LogP contribution >= 0.6 is 0 Å². The highest BCUT2D eigenvalue weighted by Gasteiger charge is 2.16. The molecule has 1 saturated heterocycles. The zero-order valence-corrected chi connectivity index (χ0v) is 13.9. The summed E-state index contributed by atoms with van der Waals surface area (Å²) in [5, 5.41) is 4.98. The molecule has 0 bridgehead atoms. The molecule has 3 N–H and O–H groups in total. The summed E-state index contributed by atoms with van der Waals surface area (Å²) in [6, 6.07) is 4.86. The van der Waals surface area contributed by atoms with E-state index in [9.17, 15) is 16.8 Å². The van der Waals surface area contributed by atoms with Crippen molar-refractivity contribution in [3.05, 3.63) is 24.3 Å². The number of likely N-dealkylation sites (tertiary alicyclic amines) is 1. The van der Waals surface area contributed by atoms with Crippen LogP contribution in [-0.4, -0.2) is 47.9 Å². The molecule has 0 amide bonds. The predicted molar refractivity (Wildman–Crippen MR) is 83.3 cm³/mol. The molecule has 0 radical (unpaired) electrons. The minimum Gasteiger partial charge on any atom is -0.302 e. The quantitative estimate of drug-likeness (QED) is 0.758. The number of nitrogens with zero attached hydrogens (tertiary/aromatic N) is 1. The van der Waals surface area contributed by atoms with E-state index in [1.54, 1.807) is 0 Å². The summed E-state index contributed by atoms with van der Waals surface area (Å²) in [5.74, 6) is 0.